The maximum absolute atomic E-state index is 6.10. The van der Waals surface area contributed by atoms with Gasteiger partial charge in [-0.3, -0.25) is 0 Å². The topological polar surface area (TPSA) is 12.0 Å². The molecule has 0 aromatic heterocycles. The van der Waals surface area contributed by atoms with Crippen molar-refractivity contribution in [2.45, 2.75) is 31.8 Å². The summed E-state index contributed by atoms with van der Waals surface area (Å²) >= 11 is 12.0. The van der Waals surface area contributed by atoms with E-state index in [9.17, 15) is 0 Å². The number of nitrogens with one attached hydrogen (secondary N) is 1. The fourth-order valence-corrected chi connectivity index (χ4v) is 2.29. The Bertz CT molecular complexity index is 388. The highest BCUT2D eigenvalue weighted by atomic mass is 35.5. The fourth-order valence-electron chi connectivity index (χ4n) is 1.91. The summed E-state index contributed by atoms with van der Waals surface area (Å²) in [7, 11) is 0. The maximum atomic E-state index is 6.10. The van der Waals surface area contributed by atoms with Crippen LogP contribution in [0.5, 0.6) is 0 Å². The van der Waals surface area contributed by atoms with E-state index < -0.39 is 0 Å². The lowest BCUT2D eigenvalue weighted by Gasteiger charge is -2.19. The first kappa shape index (κ1) is 12.0. The highest BCUT2D eigenvalue weighted by molar-refractivity contribution is 6.33. The lowest BCUT2D eigenvalue weighted by atomic mass is 10.0. The van der Waals surface area contributed by atoms with Gasteiger partial charge in [-0.1, -0.05) is 35.4 Å². The fraction of sp³-hybridized carbons (Fsp3) is 0.385. The third-order valence-electron chi connectivity index (χ3n) is 2.86. The molecule has 1 unspecified atom stereocenters. The Labute approximate surface area is 106 Å². The molecule has 0 saturated carbocycles. The molecule has 0 saturated heterocycles. The average Bonchev–Trinajstić information content (AvgIpc) is 2.32. The van der Waals surface area contributed by atoms with Crippen molar-refractivity contribution in [3.63, 3.8) is 0 Å². The zero-order valence-electron chi connectivity index (χ0n) is 9.05. The molecule has 2 rings (SSSR count). The largest absolute Gasteiger partial charge is 0.310 e. The predicted octanol–water partition coefficient (Wildman–Crippen LogP) is 4.19. The van der Waals surface area contributed by atoms with Crippen molar-refractivity contribution < 1.29 is 0 Å². The zero-order chi connectivity index (χ0) is 11.4. The summed E-state index contributed by atoms with van der Waals surface area (Å²) < 4.78 is 0. The Morgan fingerprint density at radius 2 is 2.12 bits per heavy atom. The van der Waals surface area contributed by atoms with Gasteiger partial charge in [0.15, 0.2) is 0 Å². The van der Waals surface area contributed by atoms with E-state index >= 15 is 0 Å². The Balaban J connectivity index is 1.93. The molecule has 1 aliphatic rings. The van der Waals surface area contributed by atoms with E-state index in [1.54, 1.807) is 0 Å². The quantitative estimate of drug-likeness (QED) is 0.799. The van der Waals surface area contributed by atoms with Crippen LogP contribution in [-0.4, -0.2) is 6.04 Å². The van der Waals surface area contributed by atoms with E-state index in [0.717, 1.165) is 28.6 Å². The summed E-state index contributed by atoms with van der Waals surface area (Å²) in [6.45, 7) is 0.790. The van der Waals surface area contributed by atoms with Crippen LogP contribution in [0.2, 0.25) is 10.0 Å². The van der Waals surface area contributed by atoms with Crippen LogP contribution in [-0.2, 0) is 6.54 Å². The van der Waals surface area contributed by atoms with Crippen molar-refractivity contribution in [3.05, 3.63) is 46.0 Å². The number of hydrogen-bond donors (Lipinski definition) is 1. The van der Waals surface area contributed by atoms with Gasteiger partial charge in [0.25, 0.3) is 0 Å². The molecule has 0 fully saturated rings. The Morgan fingerprint density at radius 3 is 2.88 bits per heavy atom. The minimum absolute atomic E-state index is 0.569. The van der Waals surface area contributed by atoms with Crippen LogP contribution in [0.1, 0.15) is 24.8 Å². The van der Waals surface area contributed by atoms with Crippen molar-refractivity contribution in [1.82, 2.24) is 5.32 Å². The molecular weight excluding hydrogens is 241 g/mol. The summed E-state index contributed by atoms with van der Waals surface area (Å²) in [5, 5.41) is 5.03. The molecule has 0 spiro atoms. The Morgan fingerprint density at radius 1 is 1.25 bits per heavy atom. The van der Waals surface area contributed by atoms with Crippen molar-refractivity contribution in [2.75, 3.05) is 0 Å². The zero-order valence-corrected chi connectivity index (χ0v) is 10.6. The number of allylic oxidation sites excluding steroid dienone is 1. The number of hydrogen-bond acceptors (Lipinski definition) is 1. The minimum Gasteiger partial charge on any atom is -0.310 e. The normalized spacial score (nSPS) is 20.0. The van der Waals surface area contributed by atoms with Crippen LogP contribution in [0.3, 0.4) is 0 Å². The van der Waals surface area contributed by atoms with Crippen LogP contribution >= 0.6 is 23.2 Å². The van der Waals surface area contributed by atoms with E-state index in [2.05, 4.69) is 17.5 Å². The molecule has 86 valence electrons. The highest BCUT2D eigenvalue weighted by Gasteiger charge is 2.09. The molecule has 1 aromatic rings. The van der Waals surface area contributed by atoms with Gasteiger partial charge in [0.2, 0.25) is 0 Å². The summed E-state index contributed by atoms with van der Waals surface area (Å²) in [6.07, 6.45) is 7.96. The Hall–Kier alpha value is -0.500. The van der Waals surface area contributed by atoms with Crippen LogP contribution in [0.15, 0.2) is 30.4 Å². The lowest BCUT2D eigenvalue weighted by Crippen LogP contribution is -2.29. The highest BCUT2D eigenvalue weighted by Crippen LogP contribution is 2.21. The molecule has 3 heteroatoms. The first-order valence-corrected chi connectivity index (χ1v) is 6.33. The van der Waals surface area contributed by atoms with Crippen LogP contribution in [0.4, 0.5) is 0 Å². The van der Waals surface area contributed by atoms with Gasteiger partial charge < -0.3 is 5.32 Å². The van der Waals surface area contributed by atoms with Gasteiger partial charge in [0, 0.05) is 22.6 Å². The molecule has 1 atom stereocenters. The molecule has 0 heterocycles. The first-order chi connectivity index (χ1) is 7.75. The molecule has 0 radical (unpaired) electrons. The van der Waals surface area contributed by atoms with Gasteiger partial charge in [-0.05, 0) is 43.0 Å². The number of halogens is 2. The van der Waals surface area contributed by atoms with Crippen molar-refractivity contribution in [1.29, 1.82) is 0 Å². The molecule has 1 nitrogen and oxygen atoms in total. The molecule has 1 aromatic carbocycles. The van der Waals surface area contributed by atoms with Gasteiger partial charge >= 0.3 is 0 Å². The lowest BCUT2D eigenvalue weighted by molar-refractivity contribution is 0.474. The molecule has 16 heavy (non-hydrogen) atoms. The summed E-state index contributed by atoms with van der Waals surface area (Å²) in [4.78, 5) is 0. The van der Waals surface area contributed by atoms with E-state index in [0.29, 0.717) is 6.04 Å². The molecule has 0 aliphatic heterocycles. The van der Waals surface area contributed by atoms with Gasteiger partial charge in [0.1, 0.15) is 0 Å². The van der Waals surface area contributed by atoms with E-state index in [-0.39, 0.29) is 0 Å². The van der Waals surface area contributed by atoms with Gasteiger partial charge in [-0.2, -0.15) is 0 Å². The van der Waals surface area contributed by atoms with E-state index in [4.69, 9.17) is 23.2 Å². The molecule has 0 amide bonds. The second kappa shape index (κ2) is 5.72. The molecule has 1 N–H and O–H groups in total. The van der Waals surface area contributed by atoms with Crippen molar-refractivity contribution >= 4 is 23.2 Å². The van der Waals surface area contributed by atoms with E-state index in [1.807, 2.05) is 18.2 Å². The smallest absolute Gasteiger partial charge is 0.0451 e. The monoisotopic (exact) mass is 255 g/mol. The third-order valence-corrected chi connectivity index (χ3v) is 3.46. The molecular formula is C13H15Cl2N. The van der Waals surface area contributed by atoms with Crippen LogP contribution < -0.4 is 5.32 Å². The molecule has 1 aliphatic carbocycles. The summed E-state index contributed by atoms with van der Waals surface area (Å²) in [5.74, 6) is 0. The van der Waals surface area contributed by atoms with Crippen LogP contribution in [0, 0.1) is 0 Å². The second-order valence-corrected chi connectivity index (χ2v) is 4.94. The SMILES string of the molecule is Clc1ccc(Cl)c(CNC2CC=CCC2)c1. The summed E-state index contributed by atoms with van der Waals surface area (Å²) in [5.41, 5.74) is 1.07. The standard InChI is InChI=1S/C13H15Cl2N/c14-11-6-7-13(15)10(8-11)9-16-12-4-2-1-3-5-12/h1-2,6-8,12,16H,3-5,9H2. The number of benzene rings is 1. The van der Waals surface area contributed by atoms with Gasteiger partial charge in [-0.15, -0.1) is 0 Å². The summed E-state index contributed by atoms with van der Waals surface area (Å²) in [6, 6.07) is 6.16. The number of rotatable bonds is 3. The van der Waals surface area contributed by atoms with Gasteiger partial charge in [-0.25, -0.2) is 0 Å². The maximum Gasteiger partial charge on any atom is 0.0451 e. The van der Waals surface area contributed by atoms with E-state index in [1.165, 1.54) is 12.8 Å². The van der Waals surface area contributed by atoms with Crippen molar-refractivity contribution in [3.8, 4) is 0 Å². The predicted molar refractivity (Wildman–Crippen MR) is 70.1 cm³/mol. The average molecular weight is 256 g/mol. The van der Waals surface area contributed by atoms with Crippen molar-refractivity contribution in [2.24, 2.45) is 0 Å². The minimum atomic E-state index is 0.569. The Kier molecular flexibility index (Phi) is 4.28. The third kappa shape index (κ3) is 3.24. The molecule has 0 bridgehead atoms. The first-order valence-electron chi connectivity index (χ1n) is 5.58. The van der Waals surface area contributed by atoms with Gasteiger partial charge in [0.05, 0.1) is 0 Å². The second-order valence-electron chi connectivity index (χ2n) is 4.10. The van der Waals surface area contributed by atoms with Crippen LogP contribution in [0.25, 0.3) is 0 Å².